The molecule has 1 aromatic carbocycles. The number of cyclic esters (lactones) is 1. The molecular formula is C17H14N2O2. The third-order valence-corrected chi connectivity index (χ3v) is 3.27. The van der Waals surface area contributed by atoms with Gasteiger partial charge in [0.1, 0.15) is 0 Å². The van der Waals surface area contributed by atoms with E-state index in [0.29, 0.717) is 11.6 Å². The Balaban J connectivity index is 1.97. The number of hydrogen-bond acceptors (Lipinski definition) is 4. The number of carbonyl (C=O) groups excluding carboxylic acids is 1. The number of rotatable bonds is 2. The molecule has 2 aromatic rings. The summed E-state index contributed by atoms with van der Waals surface area (Å²) in [6.07, 6.45) is 5.03. The quantitative estimate of drug-likeness (QED) is 0.626. The first-order chi connectivity index (χ1) is 10.1. The summed E-state index contributed by atoms with van der Waals surface area (Å²) in [5.41, 5.74) is 4.30. The lowest BCUT2D eigenvalue weighted by Gasteiger charge is -2.01. The Hall–Kier alpha value is -2.75. The summed E-state index contributed by atoms with van der Waals surface area (Å²) in [6.45, 7) is 4.04. The van der Waals surface area contributed by atoms with Crippen molar-refractivity contribution in [1.82, 2.24) is 4.98 Å². The standard InChI is InChI=1S/C17H14N2O2/c1-11-3-4-14(12(2)9-11)10-15-17(20)21-16(19-15)13-5-7-18-8-6-13/h3-10H,1-2H3/b15-10-. The van der Waals surface area contributed by atoms with Gasteiger partial charge in [-0.15, -0.1) is 0 Å². The van der Waals surface area contributed by atoms with Crippen LogP contribution in [0.4, 0.5) is 0 Å². The van der Waals surface area contributed by atoms with E-state index < -0.39 is 5.97 Å². The summed E-state index contributed by atoms with van der Waals surface area (Å²) in [7, 11) is 0. The van der Waals surface area contributed by atoms with Gasteiger partial charge in [0.15, 0.2) is 5.70 Å². The lowest BCUT2D eigenvalue weighted by Crippen LogP contribution is -2.05. The predicted octanol–water partition coefficient (Wildman–Crippen LogP) is 3.04. The molecule has 1 aromatic heterocycles. The van der Waals surface area contributed by atoms with Crippen LogP contribution in [0.1, 0.15) is 22.3 Å². The molecule has 0 bridgehead atoms. The van der Waals surface area contributed by atoms with Gasteiger partial charge < -0.3 is 4.74 Å². The zero-order valence-electron chi connectivity index (χ0n) is 11.8. The Morgan fingerprint density at radius 1 is 1.10 bits per heavy atom. The molecule has 0 unspecified atom stereocenters. The molecule has 21 heavy (non-hydrogen) atoms. The first-order valence-electron chi connectivity index (χ1n) is 6.64. The average Bonchev–Trinajstić information content (AvgIpc) is 2.84. The van der Waals surface area contributed by atoms with Crippen LogP contribution in [-0.2, 0) is 9.53 Å². The first-order valence-corrected chi connectivity index (χ1v) is 6.64. The third kappa shape index (κ3) is 2.74. The molecule has 0 amide bonds. The van der Waals surface area contributed by atoms with E-state index in [9.17, 15) is 4.79 Å². The summed E-state index contributed by atoms with van der Waals surface area (Å²) in [5.74, 6) is -0.111. The van der Waals surface area contributed by atoms with Crippen LogP contribution in [0.2, 0.25) is 0 Å². The molecule has 0 radical (unpaired) electrons. The Morgan fingerprint density at radius 3 is 2.57 bits per heavy atom. The van der Waals surface area contributed by atoms with Gasteiger partial charge >= 0.3 is 5.97 Å². The average molecular weight is 278 g/mol. The highest BCUT2D eigenvalue weighted by Crippen LogP contribution is 2.20. The Morgan fingerprint density at radius 2 is 1.86 bits per heavy atom. The molecule has 3 rings (SSSR count). The van der Waals surface area contributed by atoms with Crippen LogP contribution < -0.4 is 0 Å². The van der Waals surface area contributed by atoms with Crippen LogP contribution in [0, 0.1) is 13.8 Å². The van der Waals surface area contributed by atoms with Crippen LogP contribution >= 0.6 is 0 Å². The van der Waals surface area contributed by atoms with Gasteiger partial charge in [-0.3, -0.25) is 4.98 Å². The first kappa shape index (κ1) is 13.2. The maximum atomic E-state index is 11.9. The molecular weight excluding hydrogens is 264 g/mol. The smallest absolute Gasteiger partial charge is 0.363 e. The van der Waals surface area contributed by atoms with Gasteiger partial charge in [-0.05, 0) is 43.2 Å². The van der Waals surface area contributed by atoms with Gasteiger partial charge in [-0.25, -0.2) is 9.79 Å². The van der Waals surface area contributed by atoms with Crippen LogP contribution in [0.3, 0.4) is 0 Å². The van der Waals surface area contributed by atoms with Gasteiger partial charge in [0.05, 0.1) is 0 Å². The van der Waals surface area contributed by atoms with Crippen molar-refractivity contribution in [1.29, 1.82) is 0 Å². The van der Waals surface area contributed by atoms with Crippen molar-refractivity contribution in [2.24, 2.45) is 4.99 Å². The summed E-state index contributed by atoms with van der Waals surface area (Å²) in [6, 6.07) is 9.57. The van der Waals surface area contributed by atoms with E-state index >= 15 is 0 Å². The molecule has 0 atom stereocenters. The maximum absolute atomic E-state index is 11.9. The lowest BCUT2D eigenvalue weighted by atomic mass is 10.0. The Bertz CT molecular complexity index is 762. The minimum absolute atomic E-state index is 0.314. The fourth-order valence-corrected chi connectivity index (χ4v) is 2.16. The second kappa shape index (κ2) is 5.32. The zero-order chi connectivity index (χ0) is 14.8. The highest BCUT2D eigenvalue weighted by atomic mass is 16.6. The number of benzene rings is 1. The summed E-state index contributed by atoms with van der Waals surface area (Å²) >= 11 is 0. The number of hydrogen-bond donors (Lipinski definition) is 0. The summed E-state index contributed by atoms with van der Waals surface area (Å²) in [4.78, 5) is 20.1. The maximum Gasteiger partial charge on any atom is 0.363 e. The van der Waals surface area contributed by atoms with Crippen LogP contribution in [-0.4, -0.2) is 16.9 Å². The van der Waals surface area contributed by atoms with Gasteiger partial charge in [-0.2, -0.15) is 0 Å². The number of carbonyl (C=O) groups is 1. The topological polar surface area (TPSA) is 51.6 Å². The van der Waals surface area contributed by atoms with E-state index in [-0.39, 0.29) is 0 Å². The van der Waals surface area contributed by atoms with Crippen molar-refractivity contribution in [3.63, 3.8) is 0 Å². The molecule has 4 nitrogen and oxygen atoms in total. The van der Waals surface area contributed by atoms with E-state index in [2.05, 4.69) is 16.0 Å². The van der Waals surface area contributed by atoms with E-state index in [1.54, 1.807) is 30.6 Å². The molecule has 0 spiro atoms. The monoisotopic (exact) mass is 278 g/mol. The van der Waals surface area contributed by atoms with Crippen LogP contribution in [0.25, 0.3) is 6.08 Å². The van der Waals surface area contributed by atoms with E-state index in [0.717, 1.165) is 16.7 Å². The van der Waals surface area contributed by atoms with Crippen molar-refractivity contribution >= 4 is 17.9 Å². The highest BCUT2D eigenvalue weighted by Gasteiger charge is 2.24. The van der Waals surface area contributed by atoms with Crippen LogP contribution in [0.5, 0.6) is 0 Å². The fraction of sp³-hybridized carbons (Fsp3) is 0.118. The molecule has 0 fully saturated rings. The molecule has 104 valence electrons. The van der Waals surface area contributed by atoms with Gasteiger partial charge in [0, 0.05) is 18.0 Å². The minimum atomic E-state index is -0.429. The number of aryl methyl sites for hydroxylation is 2. The number of aliphatic imine (C=N–C) groups is 1. The molecule has 1 aliphatic heterocycles. The fourth-order valence-electron chi connectivity index (χ4n) is 2.16. The van der Waals surface area contributed by atoms with Crippen molar-refractivity contribution in [2.75, 3.05) is 0 Å². The number of nitrogens with zero attached hydrogens (tertiary/aromatic N) is 2. The van der Waals surface area contributed by atoms with Gasteiger partial charge in [0.2, 0.25) is 5.90 Å². The molecule has 0 saturated heterocycles. The van der Waals surface area contributed by atoms with E-state index in [1.165, 1.54) is 5.56 Å². The van der Waals surface area contributed by atoms with Crippen LogP contribution in [0.15, 0.2) is 53.4 Å². The van der Waals surface area contributed by atoms with Crippen molar-refractivity contribution < 1.29 is 9.53 Å². The summed E-state index contributed by atoms with van der Waals surface area (Å²) in [5, 5.41) is 0. The van der Waals surface area contributed by atoms with Gasteiger partial charge in [-0.1, -0.05) is 23.8 Å². The van der Waals surface area contributed by atoms with Gasteiger partial charge in [0.25, 0.3) is 0 Å². The SMILES string of the molecule is Cc1ccc(/C=C2\N=C(c3ccncc3)OC2=O)c(C)c1. The van der Waals surface area contributed by atoms with E-state index in [4.69, 9.17) is 4.74 Å². The second-order valence-electron chi connectivity index (χ2n) is 4.93. The lowest BCUT2D eigenvalue weighted by molar-refractivity contribution is -0.129. The van der Waals surface area contributed by atoms with Crippen molar-refractivity contribution in [2.45, 2.75) is 13.8 Å². The minimum Gasteiger partial charge on any atom is -0.402 e. The largest absolute Gasteiger partial charge is 0.402 e. The molecule has 0 aliphatic carbocycles. The van der Waals surface area contributed by atoms with E-state index in [1.807, 2.05) is 26.0 Å². The van der Waals surface area contributed by atoms with Crippen molar-refractivity contribution in [3.05, 3.63) is 70.7 Å². The summed E-state index contributed by atoms with van der Waals surface area (Å²) < 4.78 is 5.21. The zero-order valence-corrected chi connectivity index (χ0v) is 11.8. The third-order valence-electron chi connectivity index (χ3n) is 3.27. The molecule has 4 heteroatoms. The molecule has 0 saturated carbocycles. The highest BCUT2D eigenvalue weighted by molar-refractivity contribution is 6.12. The molecule has 1 aliphatic rings. The number of esters is 1. The second-order valence-corrected chi connectivity index (χ2v) is 4.93. The Labute approximate surface area is 122 Å². The Kier molecular flexibility index (Phi) is 3.36. The molecule has 0 N–H and O–H groups in total. The number of ether oxygens (including phenoxy) is 1. The number of pyridine rings is 1. The molecule has 2 heterocycles. The van der Waals surface area contributed by atoms with Crippen molar-refractivity contribution in [3.8, 4) is 0 Å². The normalized spacial score (nSPS) is 16.0. The predicted molar refractivity (Wildman–Crippen MR) is 80.8 cm³/mol. The number of aromatic nitrogens is 1.